The van der Waals surface area contributed by atoms with Crippen LogP contribution in [0.5, 0.6) is 0 Å². The van der Waals surface area contributed by atoms with E-state index in [1.165, 1.54) is 56.4 Å². The smallest absolute Gasteiger partial charge is 0.0366 e. The predicted molar refractivity (Wildman–Crippen MR) is 86.1 cm³/mol. The van der Waals surface area contributed by atoms with Gasteiger partial charge < -0.3 is 10.2 Å². The van der Waals surface area contributed by atoms with Crippen LogP contribution in [0.25, 0.3) is 0 Å². The highest BCUT2D eigenvalue weighted by Gasteiger charge is 2.23. The highest BCUT2D eigenvalue weighted by atomic mass is 15.1. The lowest BCUT2D eigenvalue weighted by Crippen LogP contribution is -2.25. The van der Waals surface area contributed by atoms with E-state index in [0.717, 1.165) is 12.6 Å². The summed E-state index contributed by atoms with van der Waals surface area (Å²) in [6.07, 6.45) is 6.70. The molecule has 2 heteroatoms. The van der Waals surface area contributed by atoms with Crippen molar-refractivity contribution in [2.45, 2.75) is 58.5 Å². The molecule has 1 aromatic carbocycles. The van der Waals surface area contributed by atoms with Crippen LogP contribution in [0.4, 0.5) is 5.69 Å². The van der Waals surface area contributed by atoms with Crippen LogP contribution in [0.3, 0.4) is 0 Å². The van der Waals surface area contributed by atoms with Crippen LogP contribution >= 0.6 is 0 Å². The molecule has 2 fully saturated rings. The van der Waals surface area contributed by atoms with Gasteiger partial charge in [-0.05, 0) is 55.2 Å². The van der Waals surface area contributed by atoms with Crippen molar-refractivity contribution in [3.8, 4) is 0 Å². The van der Waals surface area contributed by atoms with Gasteiger partial charge in [0.2, 0.25) is 0 Å². The molecule has 0 spiro atoms. The Kier molecular flexibility index (Phi) is 4.02. The van der Waals surface area contributed by atoms with Crippen molar-refractivity contribution >= 4 is 5.69 Å². The van der Waals surface area contributed by atoms with Gasteiger partial charge in [0.25, 0.3) is 0 Å². The van der Waals surface area contributed by atoms with Crippen LogP contribution in [-0.2, 0) is 6.54 Å². The summed E-state index contributed by atoms with van der Waals surface area (Å²) in [6, 6.07) is 9.99. The zero-order chi connectivity index (χ0) is 14.0. The maximum absolute atomic E-state index is 3.58. The quantitative estimate of drug-likeness (QED) is 0.892. The molecular weight excluding hydrogens is 244 g/mol. The van der Waals surface area contributed by atoms with Crippen LogP contribution in [-0.4, -0.2) is 19.1 Å². The molecule has 1 saturated carbocycles. The average molecular weight is 272 g/mol. The molecule has 0 unspecified atom stereocenters. The summed E-state index contributed by atoms with van der Waals surface area (Å²) in [4.78, 5) is 2.56. The van der Waals surface area contributed by atoms with E-state index >= 15 is 0 Å². The van der Waals surface area contributed by atoms with E-state index < -0.39 is 0 Å². The van der Waals surface area contributed by atoms with Crippen molar-refractivity contribution < 1.29 is 0 Å². The summed E-state index contributed by atoms with van der Waals surface area (Å²) in [7, 11) is 0. The van der Waals surface area contributed by atoms with E-state index in [4.69, 9.17) is 0 Å². The number of hydrogen-bond donors (Lipinski definition) is 1. The molecule has 1 aliphatic heterocycles. The van der Waals surface area contributed by atoms with E-state index in [9.17, 15) is 0 Å². The van der Waals surface area contributed by atoms with Crippen molar-refractivity contribution in [3.63, 3.8) is 0 Å². The second kappa shape index (κ2) is 5.77. The first-order valence-electron chi connectivity index (χ1n) is 8.20. The number of benzene rings is 1. The lowest BCUT2D eigenvalue weighted by atomic mass is 9.85. The standard InChI is InChI=1S/C18H28N2/c1-18(2)10-3-12-20(13-11-18)17-8-4-15(5-9-17)14-19-16-6-7-16/h4-5,8-9,16,19H,3,6-7,10-14H2,1-2H3. The normalized spacial score (nSPS) is 22.6. The first-order valence-corrected chi connectivity index (χ1v) is 8.20. The molecule has 1 N–H and O–H groups in total. The average Bonchev–Trinajstić information content (AvgIpc) is 3.25. The van der Waals surface area contributed by atoms with Crippen LogP contribution in [0, 0.1) is 5.41 Å². The number of nitrogens with zero attached hydrogens (tertiary/aromatic N) is 1. The van der Waals surface area contributed by atoms with Gasteiger partial charge in [0.1, 0.15) is 0 Å². The first-order chi connectivity index (χ1) is 9.62. The summed E-state index contributed by atoms with van der Waals surface area (Å²) in [5.41, 5.74) is 3.33. The summed E-state index contributed by atoms with van der Waals surface area (Å²) in [5.74, 6) is 0. The molecule has 20 heavy (non-hydrogen) atoms. The molecule has 1 aromatic rings. The summed E-state index contributed by atoms with van der Waals surface area (Å²) in [6.45, 7) is 8.25. The van der Waals surface area contributed by atoms with E-state index in [1.54, 1.807) is 0 Å². The molecule has 0 radical (unpaired) electrons. The Hall–Kier alpha value is -1.02. The zero-order valence-corrected chi connectivity index (χ0v) is 13.0. The summed E-state index contributed by atoms with van der Waals surface area (Å²) < 4.78 is 0. The molecule has 110 valence electrons. The van der Waals surface area contributed by atoms with E-state index in [2.05, 4.69) is 48.3 Å². The van der Waals surface area contributed by atoms with Gasteiger partial charge in [0.15, 0.2) is 0 Å². The Balaban J connectivity index is 1.58. The lowest BCUT2D eigenvalue weighted by Gasteiger charge is -2.25. The van der Waals surface area contributed by atoms with Gasteiger partial charge in [-0.15, -0.1) is 0 Å². The molecule has 0 aromatic heterocycles. The molecular formula is C18H28N2. The Morgan fingerprint density at radius 3 is 2.55 bits per heavy atom. The van der Waals surface area contributed by atoms with Crippen molar-refractivity contribution in [1.82, 2.24) is 5.32 Å². The van der Waals surface area contributed by atoms with Gasteiger partial charge in [0, 0.05) is 31.4 Å². The highest BCUT2D eigenvalue weighted by Crippen LogP contribution is 2.31. The van der Waals surface area contributed by atoms with E-state index in [1.807, 2.05) is 0 Å². The maximum atomic E-state index is 3.58. The molecule has 1 saturated heterocycles. The number of nitrogens with one attached hydrogen (secondary N) is 1. The van der Waals surface area contributed by atoms with Crippen LogP contribution in [0.1, 0.15) is 51.5 Å². The minimum Gasteiger partial charge on any atom is -0.372 e. The molecule has 0 atom stereocenters. The monoisotopic (exact) mass is 272 g/mol. The summed E-state index contributed by atoms with van der Waals surface area (Å²) in [5, 5.41) is 3.58. The SMILES string of the molecule is CC1(C)CCCN(c2ccc(CNC3CC3)cc2)CC1. The van der Waals surface area contributed by atoms with Crippen LogP contribution < -0.4 is 10.2 Å². The topological polar surface area (TPSA) is 15.3 Å². The van der Waals surface area contributed by atoms with Gasteiger partial charge >= 0.3 is 0 Å². The van der Waals surface area contributed by atoms with Crippen LogP contribution in [0.15, 0.2) is 24.3 Å². The molecule has 0 bridgehead atoms. The Labute approximate surface area is 123 Å². The lowest BCUT2D eigenvalue weighted by molar-refractivity contribution is 0.325. The largest absolute Gasteiger partial charge is 0.372 e. The fourth-order valence-electron chi connectivity index (χ4n) is 3.06. The molecule has 2 nitrogen and oxygen atoms in total. The number of rotatable bonds is 4. The van der Waals surface area contributed by atoms with E-state index in [-0.39, 0.29) is 0 Å². The Morgan fingerprint density at radius 2 is 1.85 bits per heavy atom. The van der Waals surface area contributed by atoms with Gasteiger partial charge in [-0.2, -0.15) is 0 Å². The molecule has 0 amide bonds. The molecule has 2 aliphatic rings. The fourth-order valence-corrected chi connectivity index (χ4v) is 3.06. The zero-order valence-electron chi connectivity index (χ0n) is 13.0. The molecule has 1 aliphatic carbocycles. The van der Waals surface area contributed by atoms with E-state index in [0.29, 0.717) is 5.41 Å². The second-order valence-electron chi connectivity index (χ2n) is 7.33. The molecule has 3 rings (SSSR count). The summed E-state index contributed by atoms with van der Waals surface area (Å²) >= 11 is 0. The van der Waals surface area contributed by atoms with Gasteiger partial charge in [-0.1, -0.05) is 26.0 Å². The van der Waals surface area contributed by atoms with Crippen molar-refractivity contribution in [1.29, 1.82) is 0 Å². The third-order valence-corrected chi connectivity index (χ3v) is 4.81. The van der Waals surface area contributed by atoms with Crippen LogP contribution in [0.2, 0.25) is 0 Å². The van der Waals surface area contributed by atoms with Gasteiger partial charge in [0.05, 0.1) is 0 Å². The minimum absolute atomic E-state index is 0.517. The Morgan fingerprint density at radius 1 is 1.10 bits per heavy atom. The molecule has 1 heterocycles. The number of hydrogen-bond acceptors (Lipinski definition) is 2. The number of anilines is 1. The maximum Gasteiger partial charge on any atom is 0.0366 e. The van der Waals surface area contributed by atoms with Crippen molar-refractivity contribution in [2.75, 3.05) is 18.0 Å². The van der Waals surface area contributed by atoms with Gasteiger partial charge in [-0.3, -0.25) is 0 Å². The minimum atomic E-state index is 0.517. The third kappa shape index (κ3) is 3.76. The Bertz CT molecular complexity index is 431. The predicted octanol–water partition coefficient (Wildman–Crippen LogP) is 3.96. The first kappa shape index (κ1) is 13.9. The fraction of sp³-hybridized carbons (Fsp3) is 0.667. The van der Waals surface area contributed by atoms with Crippen molar-refractivity contribution in [2.24, 2.45) is 5.41 Å². The highest BCUT2D eigenvalue weighted by molar-refractivity contribution is 5.47. The third-order valence-electron chi connectivity index (χ3n) is 4.81. The van der Waals surface area contributed by atoms with Gasteiger partial charge in [-0.25, -0.2) is 0 Å². The van der Waals surface area contributed by atoms with Crippen molar-refractivity contribution in [3.05, 3.63) is 29.8 Å². The second-order valence-corrected chi connectivity index (χ2v) is 7.33.